The van der Waals surface area contributed by atoms with Gasteiger partial charge < -0.3 is 14.8 Å². The summed E-state index contributed by atoms with van der Waals surface area (Å²) in [6, 6.07) is 7.72. The lowest BCUT2D eigenvalue weighted by Crippen LogP contribution is -2.29. The molecule has 4 nitrogen and oxygen atoms in total. The van der Waals surface area contributed by atoms with Crippen LogP contribution < -0.4 is 10.1 Å². The van der Waals surface area contributed by atoms with Crippen LogP contribution in [0.5, 0.6) is 5.75 Å². The molecule has 0 aliphatic carbocycles. The van der Waals surface area contributed by atoms with E-state index in [1.807, 2.05) is 45.0 Å². The van der Waals surface area contributed by atoms with Crippen molar-refractivity contribution in [3.8, 4) is 5.75 Å². The minimum Gasteiger partial charge on any atom is -0.492 e. The predicted octanol–water partition coefficient (Wildman–Crippen LogP) is 2.94. The number of hydrogen-bond acceptors (Lipinski definition) is 4. The van der Waals surface area contributed by atoms with Crippen LogP contribution in [-0.2, 0) is 9.53 Å². The summed E-state index contributed by atoms with van der Waals surface area (Å²) >= 11 is 0. The molecule has 1 aromatic carbocycles. The Hall–Kier alpha value is -1.71. The molecule has 0 saturated heterocycles. The Morgan fingerprint density at radius 3 is 2.58 bits per heavy atom. The Balaban J connectivity index is 2.71. The van der Waals surface area contributed by atoms with Gasteiger partial charge in [-0.2, -0.15) is 0 Å². The van der Waals surface area contributed by atoms with Gasteiger partial charge in [-0.05, 0) is 25.0 Å². The lowest BCUT2D eigenvalue weighted by Gasteiger charge is -2.20. The fraction of sp³-hybridized carbons (Fsp3) is 0.533. The maximum absolute atomic E-state index is 11.7. The van der Waals surface area contributed by atoms with E-state index in [4.69, 9.17) is 9.47 Å². The van der Waals surface area contributed by atoms with Crippen molar-refractivity contribution < 1.29 is 14.3 Å². The Labute approximate surface area is 115 Å². The monoisotopic (exact) mass is 265 g/mol. The van der Waals surface area contributed by atoms with E-state index in [2.05, 4.69) is 5.32 Å². The molecule has 0 aromatic heterocycles. The summed E-state index contributed by atoms with van der Waals surface area (Å²) in [7, 11) is 1.42. The first kappa shape index (κ1) is 15.3. The highest BCUT2D eigenvalue weighted by molar-refractivity contribution is 5.73. The van der Waals surface area contributed by atoms with Crippen molar-refractivity contribution in [2.75, 3.05) is 25.6 Å². The number of benzene rings is 1. The number of methoxy groups -OCH3 is 1. The summed E-state index contributed by atoms with van der Waals surface area (Å²) < 4.78 is 10.4. The van der Waals surface area contributed by atoms with E-state index >= 15 is 0 Å². The van der Waals surface area contributed by atoms with Crippen molar-refractivity contribution in [3.05, 3.63) is 24.3 Å². The summed E-state index contributed by atoms with van der Waals surface area (Å²) in [4.78, 5) is 11.7. The van der Waals surface area contributed by atoms with Crippen LogP contribution >= 0.6 is 0 Å². The lowest BCUT2D eigenvalue weighted by molar-refractivity contribution is -0.146. The van der Waals surface area contributed by atoms with Gasteiger partial charge in [-0.3, -0.25) is 4.79 Å². The molecule has 0 fully saturated rings. The van der Waals surface area contributed by atoms with Crippen LogP contribution in [0.15, 0.2) is 24.3 Å². The number of ether oxygens (including phenoxy) is 2. The molecule has 1 aromatic rings. The first-order chi connectivity index (χ1) is 9.10. The van der Waals surface area contributed by atoms with Crippen LogP contribution in [0.2, 0.25) is 0 Å². The van der Waals surface area contributed by atoms with E-state index in [1.165, 1.54) is 7.11 Å². The Kier molecular flexibility index (Phi) is 6.19. The van der Waals surface area contributed by atoms with Gasteiger partial charge in [0.1, 0.15) is 5.75 Å². The number of para-hydroxylation sites is 2. The molecule has 1 atom stereocenters. The van der Waals surface area contributed by atoms with E-state index in [1.54, 1.807) is 0 Å². The number of esters is 1. The molecule has 0 bridgehead atoms. The molecule has 0 spiro atoms. The lowest BCUT2D eigenvalue weighted by atomic mass is 9.96. The molecule has 0 aliphatic heterocycles. The minimum absolute atomic E-state index is 0.167. The highest BCUT2D eigenvalue weighted by Gasteiger charge is 2.22. The second kappa shape index (κ2) is 7.67. The third-order valence-electron chi connectivity index (χ3n) is 3.01. The number of nitrogens with one attached hydrogen (secondary N) is 1. The topological polar surface area (TPSA) is 47.6 Å². The van der Waals surface area contributed by atoms with Gasteiger partial charge in [-0.1, -0.05) is 26.0 Å². The highest BCUT2D eigenvalue weighted by atomic mass is 16.5. The smallest absolute Gasteiger partial charge is 0.310 e. The third kappa shape index (κ3) is 4.47. The van der Waals surface area contributed by atoms with Crippen molar-refractivity contribution in [1.82, 2.24) is 0 Å². The van der Waals surface area contributed by atoms with Crippen LogP contribution in [0.4, 0.5) is 5.69 Å². The Morgan fingerprint density at radius 1 is 1.32 bits per heavy atom. The molecule has 19 heavy (non-hydrogen) atoms. The zero-order valence-electron chi connectivity index (χ0n) is 12.1. The van der Waals surface area contributed by atoms with Crippen molar-refractivity contribution >= 4 is 11.7 Å². The molecule has 1 rings (SSSR count). The van der Waals surface area contributed by atoms with E-state index in [-0.39, 0.29) is 17.8 Å². The van der Waals surface area contributed by atoms with E-state index in [9.17, 15) is 4.79 Å². The van der Waals surface area contributed by atoms with E-state index in [0.717, 1.165) is 11.4 Å². The first-order valence-electron chi connectivity index (χ1n) is 6.63. The van der Waals surface area contributed by atoms with Crippen LogP contribution in [0, 0.1) is 11.8 Å². The second-order valence-electron chi connectivity index (χ2n) is 4.68. The zero-order chi connectivity index (χ0) is 14.3. The zero-order valence-corrected chi connectivity index (χ0v) is 12.1. The number of carbonyl (C=O) groups excluding carboxylic acids is 1. The van der Waals surface area contributed by atoms with Crippen molar-refractivity contribution in [2.24, 2.45) is 11.8 Å². The maximum atomic E-state index is 11.7. The third-order valence-corrected chi connectivity index (χ3v) is 3.01. The van der Waals surface area contributed by atoms with Gasteiger partial charge in [-0.15, -0.1) is 0 Å². The SMILES string of the molecule is CCOc1ccccc1NCC(C(=O)OC)C(C)C. The van der Waals surface area contributed by atoms with Crippen molar-refractivity contribution in [3.63, 3.8) is 0 Å². The van der Waals surface area contributed by atoms with Gasteiger partial charge in [-0.25, -0.2) is 0 Å². The predicted molar refractivity (Wildman–Crippen MR) is 76.4 cm³/mol. The van der Waals surface area contributed by atoms with Gasteiger partial charge in [0, 0.05) is 6.54 Å². The fourth-order valence-corrected chi connectivity index (χ4v) is 1.86. The van der Waals surface area contributed by atoms with Crippen LogP contribution in [0.1, 0.15) is 20.8 Å². The van der Waals surface area contributed by atoms with Gasteiger partial charge >= 0.3 is 5.97 Å². The summed E-state index contributed by atoms with van der Waals surface area (Å²) in [5.41, 5.74) is 0.902. The average Bonchev–Trinajstić information content (AvgIpc) is 2.40. The van der Waals surface area contributed by atoms with E-state index < -0.39 is 0 Å². The fourth-order valence-electron chi connectivity index (χ4n) is 1.86. The first-order valence-corrected chi connectivity index (χ1v) is 6.63. The van der Waals surface area contributed by atoms with E-state index in [0.29, 0.717) is 13.2 Å². The number of rotatable bonds is 7. The number of carbonyl (C=O) groups is 1. The summed E-state index contributed by atoms with van der Waals surface area (Å²) in [6.45, 7) is 7.12. The highest BCUT2D eigenvalue weighted by Crippen LogP contribution is 2.24. The molecule has 0 heterocycles. The molecular formula is C15H23NO3. The van der Waals surface area contributed by atoms with Gasteiger partial charge in [0.05, 0.1) is 25.3 Å². The van der Waals surface area contributed by atoms with Crippen LogP contribution in [0.25, 0.3) is 0 Å². The number of hydrogen-bond donors (Lipinski definition) is 1. The van der Waals surface area contributed by atoms with Crippen LogP contribution in [0.3, 0.4) is 0 Å². The molecule has 0 radical (unpaired) electrons. The molecule has 0 amide bonds. The van der Waals surface area contributed by atoms with Gasteiger partial charge in [0.2, 0.25) is 0 Å². The molecule has 1 unspecified atom stereocenters. The van der Waals surface area contributed by atoms with Crippen LogP contribution in [-0.4, -0.2) is 26.2 Å². The summed E-state index contributed by atoms with van der Waals surface area (Å²) in [6.07, 6.45) is 0. The average molecular weight is 265 g/mol. The molecule has 0 saturated carbocycles. The van der Waals surface area contributed by atoms with Crippen molar-refractivity contribution in [1.29, 1.82) is 0 Å². The minimum atomic E-state index is -0.184. The molecular weight excluding hydrogens is 242 g/mol. The summed E-state index contributed by atoms with van der Waals surface area (Å²) in [5, 5.41) is 3.27. The molecule has 106 valence electrons. The molecule has 0 aliphatic rings. The molecule has 4 heteroatoms. The normalized spacial score (nSPS) is 12.1. The Morgan fingerprint density at radius 2 is 2.00 bits per heavy atom. The largest absolute Gasteiger partial charge is 0.492 e. The molecule has 1 N–H and O–H groups in total. The van der Waals surface area contributed by atoms with Crippen molar-refractivity contribution in [2.45, 2.75) is 20.8 Å². The standard InChI is InChI=1S/C15H23NO3/c1-5-19-14-9-7-6-8-13(14)16-10-12(11(2)3)15(17)18-4/h6-9,11-12,16H,5,10H2,1-4H3. The quantitative estimate of drug-likeness (QED) is 0.770. The number of anilines is 1. The summed E-state index contributed by atoms with van der Waals surface area (Å²) in [5.74, 6) is 0.674. The maximum Gasteiger partial charge on any atom is 0.310 e. The second-order valence-corrected chi connectivity index (χ2v) is 4.68. The Bertz CT molecular complexity index is 404. The van der Waals surface area contributed by atoms with Gasteiger partial charge in [0.15, 0.2) is 0 Å². The van der Waals surface area contributed by atoms with Gasteiger partial charge in [0.25, 0.3) is 0 Å².